The molecule has 2 fully saturated rings. The number of carboxylic acid groups (broad SMARTS) is 2. The Morgan fingerprint density at radius 1 is 0.971 bits per heavy atom. The molecule has 0 bridgehead atoms. The molecule has 4 atom stereocenters. The number of aliphatic carboxylic acids is 2. The number of likely N-dealkylation sites (tertiary alicyclic amines) is 1. The fourth-order valence-electron chi connectivity index (χ4n) is 4.53. The SMILES string of the molecule is O=C(O)CC[C@H](NC(=O)[C@@H]1CCCN1C(=O)[C@H](Cc1ccccc1)NC(=O)[C@@H]1CCCN1)C(=O)O. The lowest BCUT2D eigenvalue weighted by Crippen LogP contribution is -2.57. The lowest BCUT2D eigenvalue weighted by atomic mass is 10.0. The maximum absolute atomic E-state index is 13.6. The summed E-state index contributed by atoms with van der Waals surface area (Å²) in [4.78, 5) is 63.0. The van der Waals surface area contributed by atoms with Crippen LogP contribution in [0.5, 0.6) is 0 Å². The van der Waals surface area contributed by atoms with E-state index >= 15 is 0 Å². The smallest absolute Gasteiger partial charge is 0.326 e. The van der Waals surface area contributed by atoms with Gasteiger partial charge in [0.15, 0.2) is 0 Å². The third kappa shape index (κ3) is 7.25. The first-order valence-electron chi connectivity index (χ1n) is 11.9. The summed E-state index contributed by atoms with van der Waals surface area (Å²) in [6, 6.07) is 5.72. The molecule has 0 unspecified atom stereocenters. The van der Waals surface area contributed by atoms with E-state index in [1.807, 2.05) is 30.3 Å². The highest BCUT2D eigenvalue weighted by Crippen LogP contribution is 2.20. The number of nitrogens with one attached hydrogen (secondary N) is 3. The van der Waals surface area contributed by atoms with E-state index in [1.54, 1.807) is 0 Å². The molecule has 2 aliphatic heterocycles. The fraction of sp³-hybridized carbons (Fsp3) is 0.542. The van der Waals surface area contributed by atoms with Crippen LogP contribution in [-0.2, 0) is 30.4 Å². The molecule has 190 valence electrons. The van der Waals surface area contributed by atoms with E-state index < -0.39 is 48.3 Å². The average molecular weight is 489 g/mol. The summed E-state index contributed by atoms with van der Waals surface area (Å²) in [6.07, 6.45) is 2.02. The molecule has 5 N–H and O–H groups in total. The number of hydrogen-bond donors (Lipinski definition) is 5. The van der Waals surface area contributed by atoms with Gasteiger partial charge in [-0.1, -0.05) is 30.3 Å². The van der Waals surface area contributed by atoms with E-state index in [4.69, 9.17) is 5.11 Å². The van der Waals surface area contributed by atoms with E-state index in [0.717, 1.165) is 18.5 Å². The first-order valence-corrected chi connectivity index (χ1v) is 11.9. The Balaban J connectivity index is 1.73. The number of nitrogens with zero attached hydrogens (tertiary/aromatic N) is 1. The topological polar surface area (TPSA) is 165 Å². The van der Waals surface area contributed by atoms with Gasteiger partial charge in [0.1, 0.15) is 18.1 Å². The van der Waals surface area contributed by atoms with Crippen LogP contribution >= 0.6 is 0 Å². The quantitative estimate of drug-likeness (QED) is 0.288. The maximum Gasteiger partial charge on any atom is 0.326 e. The van der Waals surface area contributed by atoms with Crippen molar-refractivity contribution in [1.29, 1.82) is 0 Å². The van der Waals surface area contributed by atoms with Crippen LogP contribution in [0.1, 0.15) is 44.1 Å². The van der Waals surface area contributed by atoms with Gasteiger partial charge in [-0.15, -0.1) is 0 Å². The second-order valence-corrected chi connectivity index (χ2v) is 8.92. The Kier molecular flexibility index (Phi) is 9.18. The molecule has 1 aromatic carbocycles. The molecule has 11 heteroatoms. The van der Waals surface area contributed by atoms with Crippen LogP contribution in [0.25, 0.3) is 0 Å². The predicted molar refractivity (Wildman–Crippen MR) is 124 cm³/mol. The molecule has 1 aromatic rings. The summed E-state index contributed by atoms with van der Waals surface area (Å²) in [5.74, 6) is -3.82. The predicted octanol–water partition coefficient (Wildman–Crippen LogP) is -0.109. The summed E-state index contributed by atoms with van der Waals surface area (Å²) in [5, 5.41) is 26.6. The van der Waals surface area contributed by atoms with Crippen molar-refractivity contribution in [2.45, 2.75) is 69.1 Å². The molecule has 0 spiro atoms. The summed E-state index contributed by atoms with van der Waals surface area (Å²) in [5.41, 5.74) is 0.852. The molecular formula is C24H32N4O7. The zero-order valence-corrected chi connectivity index (χ0v) is 19.4. The zero-order chi connectivity index (χ0) is 25.4. The van der Waals surface area contributed by atoms with Crippen LogP contribution in [0.3, 0.4) is 0 Å². The number of amides is 3. The van der Waals surface area contributed by atoms with Gasteiger partial charge in [0, 0.05) is 19.4 Å². The highest BCUT2D eigenvalue weighted by molar-refractivity contribution is 5.94. The second kappa shape index (κ2) is 12.3. The molecule has 11 nitrogen and oxygen atoms in total. The van der Waals surface area contributed by atoms with Gasteiger partial charge >= 0.3 is 11.9 Å². The van der Waals surface area contributed by atoms with Crippen LogP contribution in [0.2, 0.25) is 0 Å². The Morgan fingerprint density at radius 2 is 1.69 bits per heavy atom. The summed E-state index contributed by atoms with van der Waals surface area (Å²) in [7, 11) is 0. The molecule has 2 heterocycles. The largest absolute Gasteiger partial charge is 0.481 e. The van der Waals surface area contributed by atoms with Crippen molar-refractivity contribution < 1.29 is 34.2 Å². The van der Waals surface area contributed by atoms with Crippen LogP contribution in [0.4, 0.5) is 0 Å². The number of carboxylic acids is 2. The van der Waals surface area contributed by atoms with Crippen LogP contribution in [0.15, 0.2) is 30.3 Å². The van der Waals surface area contributed by atoms with Crippen molar-refractivity contribution >= 4 is 29.7 Å². The number of carbonyl (C=O) groups excluding carboxylic acids is 3. The van der Waals surface area contributed by atoms with Gasteiger partial charge in [-0.25, -0.2) is 4.79 Å². The number of benzene rings is 1. The summed E-state index contributed by atoms with van der Waals surface area (Å²) >= 11 is 0. The molecule has 0 saturated carbocycles. The van der Waals surface area contributed by atoms with Crippen molar-refractivity contribution in [3.63, 3.8) is 0 Å². The molecule has 0 aromatic heterocycles. The minimum absolute atomic E-state index is 0.249. The zero-order valence-electron chi connectivity index (χ0n) is 19.4. The molecule has 2 saturated heterocycles. The van der Waals surface area contributed by atoms with E-state index in [-0.39, 0.29) is 24.8 Å². The number of carbonyl (C=O) groups is 5. The number of hydrogen-bond acceptors (Lipinski definition) is 6. The number of rotatable bonds is 11. The summed E-state index contributed by atoms with van der Waals surface area (Å²) < 4.78 is 0. The lowest BCUT2D eigenvalue weighted by Gasteiger charge is -2.30. The van der Waals surface area contributed by atoms with E-state index in [1.165, 1.54) is 4.90 Å². The van der Waals surface area contributed by atoms with Crippen LogP contribution < -0.4 is 16.0 Å². The van der Waals surface area contributed by atoms with Crippen LogP contribution in [0, 0.1) is 0 Å². The highest BCUT2D eigenvalue weighted by atomic mass is 16.4. The standard InChI is InChI=1S/C24H32N4O7/c29-20(30)11-10-17(24(34)35)26-22(32)19-9-5-13-28(19)23(33)18(14-15-6-2-1-3-7-15)27-21(31)16-8-4-12-25-16/h1-3,6-7,16-19,25H,4-5,8-14H2,(H,26,32)(H,27,31)(H,29,30)(H,34,35)/t16-,17-,18-,19-/m0/s1. The van der Waals surface area contributed by atoms with Crippen LogP contribution in [-0.4, -0.2) is 82.0 Å². The molecule has 35 heavy (non-hydrogen) atoms. The van der Waals surface area contributed by atoms with Gasteiger partial charge in [-0.2, -0.15) is 0 Å². The maximum atomic E-state index is 13.6. The Bertz CT molecular complexity index is 933. The Labute approximate surface area is 203 Å². The highest BCUT2D eigenvalue weighted by Gasteiger charge is 2.39. The normalized spacial score (nSPS) is 21.2. The van der Waals surface area contributed by atoms with Gasteiger partial charge < -0.3 is 31.1 Å². The second-order valence-electron chi connectivity index (χ2n) is 8.92. The molecule has 3 amide bonds. The molecule has 0 radical (unpaired) electrons. The fourth-order valence-corrected chi connectivity index (χ4v) is 4.53. The molecule has 2 aliphatic rings. The third-order valence-electron chi connectivity index (χ3n) is 6.37. The van der Waals surface area contributed by atoms with Gasteiger partial charge in [-0.3, -0.25) is 19.2 Å². The van der Waals surface area contributed by atoms with Crippen molar-refractivity contribution in [2.75, 3.05) is 13.1 Å². The first kappa shape index (κ1) is 26.1. The average Bonchev–Trinajstić information content (AvgIpc) is 3.53. The van der Waals surface area contributed by atoms with Gasteiger partial charge in [0.2, 0.25) is 17.7 Å². The Morgan fingerprint density at radius 3 is 2.31 bits per heavy atom. The Hall–Kier alpha value is -3.47. The third-order valence-corrected chi connectivity index (χ3v) is 6.37. The molecular weight excluding hydrogens is 456 g/mol. The van der Waals surface area contributed by atoms with E-state index in [0.29, 0.717) is 25.8 Å². The van der Waals surface area contributed by atoms with E-state index in [2.05, 4.69) is 16.0 Å². The molecule has 0 aliphatic carbocycles. The van der Waals surface area contributed by atoms with Gasteiger partial charge in [0.05, 0.1) is 6.04 Å². The first-order chi connectivity index (χ1) is 16.8. The van der Waals surface area contributed by atoms with Gasteiger partial charge in [-0.05, 0) is 44.2 Å². The van der Waals surface area contributed by atoms with Gasteiger partial charge in [0.25, 0.3) is 0 Å². The monoisotopic (exact) mass is 488 g/mol. The van der Waals surface area contributed by atoms with Crippen molar-refractivity contribution in [1.82, 2.24) is 20.9 Å². The minimum atomic E-state index is -1.37. The summed E-state index contributed by atoms with van der Waals surface area (Å²) in [6.45, 7) is 1.03. The minimum Gasteiger partial charge on any atom is -0.481 e. The van der Waals surface area contributed by atoms with Crippen molar-refractivity contribution in [3.8, 4) is 0 Å². The lowest BCUT2D eigenvalue weighted by molar-refractivity contribution is -0.145. The van der Waals surface area contributed by atoms with Crippen molar-refractivity contribution in [3.05, 3.63) is 35.9 Å². The molecule has 3 rings (SSSR count). The van der Waals surface area contributed by atoms with E-state index in [9.17, 15) is 29.1 Å². The van der Waals surface area contributed by atoms with Crippen molar-refractivity contribution in [2.24, 2.45) is 0 Å².